The van der Waals surface area contributed by atoms with E-state index in [1.807, 2.05) is 31.3 Å². The molecule has 3 rings (SSSR count). The third-order valence-corrected chi connectivity index (χ3v) is 4.27. The highest BCUT2D eigenvalue weighted by Crippen LogP contribution is 2.34. The van der Waals surface area contributed by atoms with E-state index in [2.05, 4.69) is 27.3 Å². The van der Waals surface area contributed by atoms with Gasteiger partial charge in [0.05, 0.1) is 10.5 Å². The number of nitrogens with one attached hydrogen (secondary N) is 1. The van der Waals surface area contributed by atoms with Crippen LogP contribution in [0.15, 0.2) is 46.9 Å². The molecule has 20 heavy (non-hydrogen) atoms. The van der Waals surface area contributed by atoms with Crippen molar-refractivity contribution in [1.29, 1.82) is 0 Å². The van der Waals surface area contributed by atoms with Gasteiger partial charge in [-0.15, -0.1) is 0 Å². The maximum absolute atomic E-state index is 13.4. The van der Waals surface area contributed by atoms with Gasteiger partial charge >= 0.3 is 0 Å². The number of para-hydroxylation sites is 1. The molecule has 0 radical (unpaired) electrons. The Bertz CT molecular complexity index is 607. The minimum atomic E-state index is -0.251. The van der Waals surface area contributed by atoms with Crippen LogP contribution in [0.2, 0.25) is 0 Å². The minimum Gasteiger partial charge on any atom is -0.488 e. The molecule has 104 valence electrons. The van der Waals surface area contributed by atoms with E-state index in [1.54, 1.807) is 6.07 Å². The molecule has 0 aromatic heterocycles. The first-order valence-electron chi connectivity index (χ1n) is 6.56. The SMILES string of the molecule is CNC(c1ccc(F)c(Br)c1)C1Cc2ccccc2O1. The second-order valence-corrected chi connectivity index (χ2v) is 5.76. The predicted octanol–water partition coefficient (Wildman–Crippen LogP) is 3.85. The van der Waals surface area contributed by atoms with E-state index in [0.29, 0.717) is 4.47 Å². The molecule has 2 atom stereocenters. The Morgan fingerprint density at radius 3 is 2.80 bits per heavy atom. The Hall–Kier alpha value is -1.39. The number of hydrogen-bond acceptors (Lipinski definition) is 2. The summed E-state index contributed by atoms with van der Waals surface area (Å²) in [6.45, 7) is 0. The third-order valence-electron chi connectivity index (χ3n) is 3.66. The van der Waals surface area contributed by atoms with Crippen LogP contribution in [-0.2, 0) is 6.42 Å². The largest absolute Gasteiger partial charge is 0.488 e. The molecule has 0 amide bonds. The lowest BCUT2D eigenvalue weighted by Crippen LogP contribution is -2.32. The van der Waals surface area contributed by atoms with Crippen molar-refractivity contribution in [3.8, 4) is 5.75 Å². The van der Waals surface area contributed by atoms with E-state index >= 15 is 0 Å². The number of benzene rings is 2. The molecule has 1 aliphatic rings. The van der Waals surface area contributed by atoms with Crippen molar-refractivity contribution in [2.24, 2.45) is 0 Å². The van der Waals surface area contributed by atoms with Crippen LogP contribution in [0.4, 0.5) is 4.39 Å². The van der Waals surface area contributed by atoms with Gasteiger partial charge in [0.1, 0.15) is 17.7 Å². The van der Waals surface area contributed by atoms with Crippen molar-refractivity contribution < 1.29 is 9.13 Å². The molecule has 1 heterocycles. The predicted molar refractivity (Wildman–Crippen MR) is 80.5 cm³/mol. The van der Waals surface area contributed by atoms with E-state index in [0.717, 1.165) is 17.7 Å². The Morgan fingerprint density at radius 2 is 2.10 bits per heavy atom. The average molecular weight is 336 g/mol. The molecule has 4 heteroatoms. The van der Waals surface area contributed by atoms with Crippen LogP contribution in [0.25, 0.3) is 0 Å². The monoisotopic (exact) mass is 335 g/mol. The molecule has 0 saturated heterocycles. The van der Waals surface area contributed by atoms with Crippen molar-refractivity contribution in [3.63, 3.8) is 0 Å². The van der Waals surface area contributed by atoms with Gasteiger partial charge in [0.2, 0.25) is 0 Å². The minimum absolute atomic E-state index is 0.0229. The summed E-state index contributed by atoms with van der Waals surface area (Å²) >= 11 is 3.24. The van der Waals surface area contributed by atoms with Gasteiger partial charge in [-0.25, -0.2) is 4.39 Å². The maximum atomic E-state index is 13.4. The first-order valence-corrected chi connectivity index (χ1v) is 7.35. The van der Waals surface area contributed by atoms with Gasteiger partial charge in [-0.2, -0.15) is 0 Å². The maximum Gasteiger partial charge on any atom is 0.137 e. The summed E-state index contributed by atoms with van der Waals surface area (Å²) < 4.78 is 19.9. The van der Waals surface area contributed by atoms with Gasteiger partial charge in [-0.1, -0.05) is 24.3 Å². The zero-order valence-corrected chi connectivity index (χ0v) is 12.7. The fourth-order valence-electron chi connectivity index (χ4n) is 2.67. The van der Waals surface area contributed by atoms with Crippen LogP contribution >= 0.6 is 15.9 Å². The average Bonchev–Trinajstić information content (AvgIpc) is 2.87. The highest BCUT2D eigenvalue weighted by atomic mass is 79.9. The zero-order valence-electron chi connectivity index (χ0n) is 11.1. The Morgan fingerprint density at radius 1 is 1.30 bits per heavy atom. The van der Waals surface area contributed by atoms with E-state index in [-0.39, 0.29) is 18.0 Å². The second kappa shape index (κ2) is 5.54. The molecule has 2 aromatic carbocycles. The molecule has 0 aliphatic carbocycles. The first-order chi connectivity index (χ1) is 9.69. The molecule has 2 unspecified atom stereocenters. The smallest absolute Gasteiger partial charge is 0.137 e. The van der Waals surface area contributed by atoms with Crippen molar-refractivity contribution in [2.75, 3.05) is 7.05 Å². The first kappa shape index (κ1) is 13.6. The number of hydrogen-bond donors (Lipinski definition) is 1. The quantitative estimate of drug-likeness (QED) is 0.919. The molecule has 0 bridgehead atoms. The van der Waals surface area contributed by atoms with Gasteiger partial charge in [-0.3, -0.25) is 0 Å². The van der Waals surface area contributed by atoms with Gasteiger partial charge in [0, 0.05) is 6.42 Å². The topological polar surface area (TPSA) is 21.3 Å². The summed E-state index contributed by atoms with van der Waals surface area (Å²) in [7, 11) is 1.90. The molecule has 1 aliphatic heterocycles. The standard InChI is InChI=1S/C16H15BrFNO/c1-19-16(11-6-7-13(18)12(17)8-11)15-9-10-4-2-3-5-14(10)20-15/h2-8,15-16,19H,9H2,1H3. The van der Waals surface area contributed by atoms with Crippen LogP contribution < -0.4 is 10.1 Å². The van der Waals surface area contributed by atoms with E-state index < -0.39 is 0 Å². The Kier molecular flexibility index (Phi) is 3.76. The zero-order chi connectivity index (χ0) is 14.1. The van der Waals surface area contributed by atoms with Crippen LogP contribution in [0, 0.1) is 5.82 Å². The number of likely N-dealkylation sites (N-methyl/N-ethyl adjacent to an activating group) is 1. The number of fused-ring (bicyclic) bond motifs is 1. The van der Waals surface area contributed by atoms with Crippen molar-refractivity contribution in [1.82, 2.24) is 5.32 Å². The molecule has 0 spiro atoms. The summed E-state index contributed by atoms with van der Waals surface area (Å²) in [5.41, 5.74) is 2.23. The van der Waals surface area contributed by atoms with Crippen LogP contribution in [0.1, 0.15) is 17.2 Å². The van der Waals surface area contributed by atoms with Gasteiger partial charge in [-0.05, 0) is 52.3 Å². The molecular weight excluding hydrogens is 321 g/mol. The van der Waals surface area contributed by atoms with Crippen LogP contribution in [-0.4, -0.2) is 13.2 Å². The molecular formula is C16H15BrFNO. The highest BCUT2D eigenvalue weighted by Gasteiger charge is 2.30. The summed E-state index contributed by atoms with van der Waals surface area (Å²) in [5, 5.41) is 3.27. The van der Waals surface area contributed by atoms with Crippen molar-refractivity contribution in [3.05, 3.63) is 63.9 Å². The summed E-state index contributed by atoms with van der Waals surface area (Å²) in [6, 6.07) is 13.2. The lowest BCUT2D eigenvalue weighted by molar-refractivity contribution is 0.183. The lowest BCUT2D eigenvalue weighted by Gasteiger charge is -2.23. The van der Waals surface area contributed by atoms with E-state index in [4.69, 9.17) is 4.74 Å². The van der Waals surface area contributed by atoms with Crippen LogP contribution in [0.5, 0.6) is 5.75 Å². The van der Waals surface area contributed by atoms with Crippen molar-refractivity contribution >= 4 is 15.9 Å². The normalized spacial score (nSPS) is 18.4. The van der Waals surface area contributed by atoms with Crippen molar-refractivity contribution in [2.45, 2.75) is 18.6 Å². The summed E-state index contributed by atoms with van der Waals surface area (Å²) in [4.78, 5) is 0. The second-order valence-electron chi connectivity index (χ2n) is 4.91. The number of rotatable bonds is 3. The molecule has 1 N–H and O–H groups in total. The van der Waals surface area contributed by atoms with Crippen LogP contribution in [0.3, 0.4) is 0 Å². The van der Waals surface area contributed by atoms with Gasteiger partial charge in [0.25, 0.3) is 0 Å². The van der Waals surface area contributed by atoms with Gasteiger partial charge < -0.3 is 10.1 Å². The van der Waals surface area contributed by atoms with E-state index in [1.165, 1.54) is 11.6 Å². The molecule has 0 saturated carbocycles. The fraction of sp³-hybridized carbons (Fsp3) is 0.250. The van der Waals surface area contributed by atoms with Gasteiger partial charge in [0.15, 0.2) is 0 Å². The molecule has 2 nitrogen and oxygen atoms in total. The lowest BCUT2D eigenvalue weighted by atomic mass is 9.98. The Labute approximate surface area is 126 Å². The molecule has 0 fully saturated rings. The van der Waals surface area contributed by atoms with E-state index in [9.17, 15) is 4.39 Å². The summed E-state index contributed by atoms with van der Waals surface area (Å²) in [6.07, 6.45) is 0.881. The molecule has 2 aromatic rings. The summed E-state index contributed by atoms with van der Waals surface area (Å²) in [5.74, 6) is 0.693. The number of halogens is 2. The highest BCUT2D eigenvalue weighted by molar-refractivity contribution is 9.10. The Balaban J connectivity index is 1.87. The number of ether oxygens (including phenoxy) is 1. The third kappa shape index (κ3) is 2.45. The fourth-order valence-corrected chi connectivity index (χ4v) is 3.06.